The minimum Gasteiger partial charge on any atom is -0.478 e. The molecular weight excluding hydrogens is 376 g/mol. The number of carboxylic acid groups (broad SMARTS) is 2. The van der Waals surface area contributed by atoms with E-state index in [9.17, 15) is 19.8 Å². The summed E-state index contributed by atoms with van der Waals surface area (Å²) in [5.41, 5.74) is 2.48. The molecule has 0 aliphatic heterocycles. The molecule has 3 rings (SSSR count). The summed E-state index contributed by atoms with van der Waals surface area (Å²) in [6.45, 7) is 13.5. The fourth-order valence-corrected chi connectivity index (χ4v) is 7.02. The summed E-state index contributed by atoms with van der Waals surface area (Å²) >= 11 is 0. The lowest BCUT2D eigenvalue weighted by atomic mass is 9.61. The molecule has 0 spiro atoms. The van der Waals surface area contributed by atoms with E-state index in [1.165, 1.54) is 12.1 Å². The molecule has 0 amide bonds. The van der Waals surface area contributed by atoms with E-state index in [1.54, 1.807) is 0 Å². The van der Waals surface area contributed by atoms with Gasteiger partial charge in [0.2, 0.25) is 0 Å². The van der Waals surface area contributed by atoms with Crippen LogP contribution in [0, 0.1) is 22.7 Å². The maximum absolute atomic E-state index is 12.3. The highest BCUT2D eigenvalue weighted by Crippen LogP contribution is 2.52. The van der Waals surface area contributed by atoms with Gasteiger partial charge in [-0.2, -0.15) is 0 Å². The van der Waals surface area contributed by atoms with Gasteiger partial charge in [0, 0.05) is 0 Å². The zero-order valence-electron chi connectivity index (χ0n) is 19.4. The second-order valence-corrected chi connectivity index (χ2v) is 11.8. The first-order valence-electron chi connectivity index (χ1n) is 11.4. The molecule has 0 aromatic heterocycles. The van der Waals surface area contributed by atoms with E-state index in [1.807, 2.05) is 0 Å². The van der Waals surface area contributed by atoms with Gasteiger partial charge in [0.25, 0.3) is 0 Å². The topological polar surface area (TPSA) is 74.6 Å². The molecule has 4 atom stereocenters. The summed E-state index contributed by atoms with van der Waals surface area (Å²) in [7, 11) is 0. The van der Waals surface area contributed by atoms with Gasteiger partial charge in [-0.25, -0.2) is 9.59 Å². The molecule has 1 aromatic carbocycles. The van der Waals surface area contributed by atoms with Crippen molar-refractivity contribution < 1.29 is 19.8 Å². The van der Waals surface area contributed by atoms with Gasteiger partial charge in [0.05, 0.1) is 11.1 Å². The van der Waals surface area contributed by atoms with Gasteiger partial charge in [0.15, 0.2) is 0 Å². The molecule has 1 aromatic rings. The van der Waals surface area contributed by atoms with Gasteiger partial charge in [-0.15, -0.1) is 0 Å². The zero-order valence-corrected chi connectivity index (χ0v) is 19.4. The van der Waals surface area contributed by atoms with Crippen LogP contribution in [0.4, 0.5) is 0 Å². The predicted octanol–water partition coefficient (Wildman–Crippen LogP) is 6.94. The lowest BCUT2D eigenvalue weighted by Crippen LogP contribution is -2.31. The Labute approximate surface area is 181 Å². The van der Waals surface area contributed by atoms with E-state index in [2.05, 4.69) is 41.5 Å². The second kappa shape index (κ2) is 8.01. The number of carbonyl (C=O) groups is 2. The highest BCUT2D eigenvalue weighted by Gasteiger charge is 2.40. The van der Waals surface area contributed by atoms with Gasteiger partial charge in [-0.1, -0.05) is 41.5 Å². The Hall–Kier alpha value is -1.84. The maximum Gasteiger partial charge on any atom is 0.335 e. The van der Waals surface area contributed by atoms with Crippen molar-refractivity contribution in [3.63, 3.8) is 0 Å². The molecule has 4 heteroatoms. The van der Waals surface area contributed by atoms with Crippen LogP contribution in [0.1, 0.15) is 124 Å². The average Bonchev–Trinajstić information content (AvgIpc) is 2.56. The normalized spacial score (nSPS) is 30.6. The first-order valence-corrected chi connectivity index (χ1v) is 11.4. The van der Waals surface area contributed by atoms with Crippen LogP contribution < -0.4 is 0 Å². The summed E-state index contributed by atoms with van der Waals surface area (Å²) in [5.74, 6) is -0.731. The maximum atomic E-state index is 12.3. The van der Waals surface area contributed by atoms with Crippen LogP contribution in [0.2, 0.25) is 0 Å². The Morgan fingerprint density at radius 3 is 1.33 bits per heavy atom. The Kier molecular flexibility index (Phi) is 6.10. The van der Waals surface area contributed by atoms with Gasteiger partial charge < -0.3 is 10.2 Å². The van der Waals surface area contributed by atoms with Crippen LogP contribution in [0.3, 0.4) is 0 Å². The third-order valence-electron chi connectivity index (χ3n) is 7.34. The lowest BCUT2D eigenvalue weighted by Gasteiger charge is -2.43. The van der Waals surface area contributed by atoms with Crippen LogP contribution in [0.15, 0.2) is 12.1 Å². The summed E-state index contributed by atoms with van der Waals surface area (Å²) < 4.78 is 0. The van der Waals surface area contributed by atoms with Crippen LogP contribution in [-0.2, 0) is 0 Å². The molecule has 0 heterocycles. The molecule has 0 bridgehead atoms. The molecule has 2 fully saturated rings. The Morgan fingerprint density at radius 1 is 0.733 bits per heavy atom. The zero-order chi connectivity index (χ0) is 22.4. The molecule has 2 N–H and O–H groups in total. The summed E-state index contributed by atoms with van der Waals surface area (Å²) in [5, 5.41) is 20.1. The molecule has 166 valence electrons. The fraction of sp³-hybridized carbons (Fsp3) is 0.692. The van der Waals surface area contributed by atoms with Crippen molar-refractivity contribution in [2.24, 2.45) is 22.7 Å². The van der Waals surface area contributed by atoms with Gasteiger partial charge in [0.1, 0.15) is 0 Å². The standard InChI is InChI=1S/C26H38O4/c1-15-9-17(13-25(3,4)11-15)21-19(23(27)28)7-8-20(24(29)30)22(21)18-10-16(2)12-26(5,6)14-18/h7-8,15-18H,9-14H2,1-6H3,(H,27,28)(H,29,30)/t15-,16?,17-,18?/m1/s1. The predicted molar refractivity (Wildman–Crippen MR) is 119 cm³/mol. The molecule has 2 saturated carbocycles. The molecule has 0 saturated heterocycles. The highest BCUT2D eigenvalue weighted by atomic mass is 16.4. The number of rotatable bonds is 4. The number of aromatic carboxylic acids is 2. The van der Waals surface area contributed by atoms with Gasteiger partial charge in [-0.05, 0) is 96.3 Å². The smallest absolute Gasteiger partial charge is 0.335 e. The second-order valence-electron chi connectivity index (χ2n) is 11.8. The van der Waals surface area contributed by atoms with E-state index in [-0.39, 0.29) is 22.7 Å². The molecule has 2 aliphatic rings. The van der Waals surface area contributed by atoms with E-state index in [4.69, 9.17) is 0 Å². The lowest BCUT2D eigenvalue weighted by molar-refractivity contribution is 0.0674. The van der Waals surface area contributed by atoms with E-state index in [0.717, 1.165) is 49.7 Å². The number of carboxylic acids is 2. The van der Waals surface area contributed by atoms with Crippen molar-refractivity contribution in [2.75, 3.05) is 0 Å². The molecule has 2 aliphatic carbocycles. The van der Waals surface area contributed by atoms with Crippen molar-refractivity contribution in [1.29, 1.82) is 0 Å². The molecule has 4 nitrogen and oxygen atoms in total. The van der Waals surface area contributed by atoms with Gasteiger partial charge in [-0.3, -0.25) is 0 Å². The summed E-state index contributed by atoms with van der Waals surface area (Å²) in [6.07, 6.45) is 5.89. The Morgan fingerprint density at radius 2 is 1.07 bits per heavy atom. The molecule has 30 heavy (non-hydrogen) atoms. The van der Waals surface area contributed by atoms with Crippen molar-refractivity contribution in [3.8, 4) is 0 Å². The first kappa shape index (κ1) is 22.8. The minimum atomic E-state index is -0.942. The number of hydrogen-bond acceptors (Lipinski definition) is 2. The summed E-state index contributed by atoms with van der Waals surface area (Å²) in [4.78, 5) is 24.5. The monoisotopic (exact) mass is 414 g/mol. The molecule has 0 radical (unpaired) electrons. The third-order valence-corrected chi connectivity index (χ3v) is 7.34. The highest BCUT2D eigenvalue weighted by molar-refractivity contribution is 5.95. The quantitative estimate of drug-likeness (QED) is 0.559. The van der Waals surface area contributed by atoms with E-state index < -0.39 is 11.9 Å². The van der Waals surface area contributed by atoms with Crippen LogP contribution >= 0.6 is 0 Å². The van der Waals surface area contributed by atoms with Crippen molar-refractivity contribution in [1.82, 2.24) is 0 Å². The Bertz CT molecular complexity index is 767. The minimum absolute atomic E-state index is 0.0875. The van der Waals surface area contributed by atoms with Crippen molar-refractivity contribution >= 4 is 11.9 Å². The SMILES string of the molecule is CC1CC(c2c(C(=O)O)ccc(C(=O)O)c2[C@@H]2C[C@@H](C)CC(C)(C)C2)CC(C)(C)C1. The summed E-state index contributed by atoms with van der Waals surface area (Å²) in [6, 6.07) is 3.07. The molecular formula is C26H38O4. The largest absolute Gasteiger partial charge is 0.478 e. The van der Waals surface area contributed by atoms with E-state index in [0.29, 0.717) is 23.0 Å². The third kappa shape index (κ3) is 4.73. The van der Waals surface area contributed by atoms with Crippen molar-refractivity contribution in [3.05, 3.63) is 34.4 Å². The van der Waals surface area contributed by atoms with E-state index >= 15 is 0 Å². The fourth-order valence-electron chi connectivity index (χ4n) is 7.02. The van der Waals surface area contributed by atoms with Crippen LogP contribution in [0.5, 0.6) is 0 Å². The molecule has 2 unspecified atom stereocenters. The van der Waals surface area contributed by atoms with Gasteiger partial charge >= 0.3 is 11.9 Å². The van der Waals surface area contributed by atoms with Crippen LogP contribution in [-0.4, -0.2) is 22.2 Å². The first-order chi connectivity index (χ1) is 13.8. The van der Waals surface area contributed by atoms with Crippen molar-refractivity contribution in [2.45, 2.75) is 91.9 Å². The average molecular weight is 415 g/mol. The number of benzene rings is 1. The number of hydrogen-bond donors (Lipinski definition) is 2. The Balaban J connectivity index is 2.24. The van der Waals surface area contributed by atoms with Crippen LogP contribution in [0.25, 0.3) is 0 Å².